The van der Waals surface area contributed by atoms with Crippen molar-refractivity contribution in [2.75, 3.05) is 10.6 Å². The smallest absolute Gasteiger partial charge is 0.224 e. The van der Waals surface area contributed by atoms with E-state index in [1.165, 1.54) is 0 Å². The Morgan fingerprint density at radius 2 is 2.14 bits per heavy atom. The van der Waals surface area contributed by atoms with Gasteiger partial charge in [0.1, 0.15) is 0 Å². The van der Waals surface area contributed by atoms with Gasteiger partial charge in [0.2, 0.25) is 5.91 Å². The molecule has 0 atom stereocenters. The third kappa shape index (κ3) is 3.98. The quantitative estimate of drug-likeness (QED) is 0.858. The Hall–Kier alpha value is -2.01. The van der Waals surface area contributed by atoms with Crippen molar-refractivity contribution >= 4 is 28.9 Å². The number of hydrogen-bond donors (Lipinski definition) is 2. The Labute approximate surface area is 129 Å². The first kappa shape index (κ1) is 15.4. The maximum absolute atomic E-state index is 11.4. The molecule has 0 unspecified atom stereocenters. The monoisotopic (exact) mass is 306 g/mol. The normalized spacial score (nSPS) is 10.4. The molecule has 0 aliphatic heterocycles. The molecule has 5 nitrogen and oxygen atoms in total. The van der Waals surface area contributed by atoms with Gasteiger partial charge in [-0.05, 0) is 31.2 Å². The van der Waals surface area contributed by atoms with Gasteiger partial charge < -0.3 is 10.6 Å². The van der Waals surface area contributed by atoms with Crippen molar-refractivity contribution in [3.8, 4) is 0 Å². The number of nitrogens with one attached hydrogen (secondary N) is 2. The lowest BCUT2D eigenvalue weighted by Crippen LogP contribution is -2.10. The molecule has 1 amide bonds. The molecule has 2 rings (SSSR count). The number of rotatable bonds is 6. The molecule has 0 saturated heterocycles. The largest absolute Gasteiger partial charge is 0.378 e. The van der Waals surface area contributed by atoms with Gasteiger partial charge >= 0.3 is 0 Å². The summed E-state index contributed by atoms with van der Waals surface area (Å²) in [5.41, 5.74) is 2.60. The van der Waals surface area contributed by atoms with Crippen molar-refractivity contribution in [1.82, 2.24) is 9.78 Å². The molecule has 0 aliphatic carbocycles. The molecule has 21 heavy (non-hydrogen) atoms. The molecule has 2 aromatic rings. The molecule has 1 aromatic heterocycles. The summed E-state index contributed by atoms with van der Waals surface area (Å²) in [5.74, 6) is -0.0210. The number of aryl methyl sites for hydroxylation is 1. The van der Waals surface area contributed by atoms with Crippen LogP contribution in [0.4, 0.5) is 11.4 Å². The third-order valence-electron chi connectivity index (χ3n) is 3.14. The molecule has 0 spiro atoms. The van der Waals surface area contributed by atoms with Crippen LogP contribution in [-0.4, -0.2) is 15.7 Å². The van der Waals surface area contributed by atoms with Crippen LogP contribution < -0.4 is 10.6 Å². The maximum atomic E-state index is 11.4. The Kier molecular flexibility index (Phi) is 5.22. The highest BCUT2D eigenvalue weighted by molar-refractivity contribution is 6.33. The van der Waals surface area contributed by atoms with E-state index in [2.05, 4.69) is 15.7 Å². The van der Waals surface area contributed by atoms with E-state index in [-0.39, 0.29) is 5.91 Å². The lowest BCUT2D eigenvalue weighted by Gasteiger charge is -2.12. The summed E-state index contributed by atoms with van der Waals surface area (Å²) in [6, 6.07) is 7.36. The van der Waals surface area contributed by atoms with Gasteiger partial charge in [-0.25, -0.2) is 0 Å². The summed E-state index contributed by atoms with van der Waals surface area (Å²) >= 11 is 6.18. The van der Waals surface area contributed by atoms with Crippen LogP contribution in [0.3, 0.4) is 0 Å². The highest BCUT2D eigenvalue weighted by Gasteiger charge is 2.06. The van der Waals surface area contributed by atoms with Gasteiger partial charge in [-0.1, -0.05) is 18.5 Å². The van der Waals surface area contributed by atoms with Crippen LogP contribution >= 0.6 is 11.6 Å². The number of amides is 1. The van der Waals surface area contributed by atoms with Gasteiger partial charge in [0.25, 0.3) is 0 Å². The van der Waals surface area contributed by atoms with Crippen molar-refractivity contribution < 1.29 is 4.79 Å². The molecular weight excluding hydrogens is 288 g/mol. The highest BCUT2D eigenvalue weighted by Crippen LogP contribution is 2.26. The number of benzene rings is 1. The van der Waals surface area contributed by atoms with Crippen molar-refractivity contribution in [3.05, 3.63) is 41.2 Å². The minimum Gasteiger partial charge on any atom is -0.378 e. The first-order chi connectivity index (χ1) is 10.1. The second-order valence-corrected chi connectivity index (χ2v) is 5.00. The fraction of sp³-hybridized carbons (Fsp3) is 0.333. The van der Waals surface area contributed by atoms with Crippen molar-refractivity contribution in [1.29, 1.82) is 0 Å². The summed E-state index contributed by atoms with van der Waals surface area (Å²) < 4.78 is 1.92. The van der Waals surface area contributed by atoms with Gasteiger partial charge in [-0.2, -0.15) is 5.10 Å². The van der Waals surface area contributed by atoms with Crippen molar-refractivity contribution in [2.45, 2.75) is 33.4 Å². The second-order valence-electron chi connectivity index (χ2n) is 4.59. The van der Waals surface area contributed by atoms with E-state index in [4.69, 9.17) is 11.6 Å². The van der Waals surface area contributed by atoms with Crippen LogP contribution in [-0.2, 0) is 17.9 Å². The number of hydrogen-bond acceptors (Lipinski definition) is 3. The number of aromatic nitrogens is 2. The summed E-state index contributed by atoms with van der Waals surface area (Å²) in [5, 5.41) is 10.9. The number of anilines is 2. The van der Waals surface area contributed by atoms with Gasteiger partial charge in [-0.15, -0.1) is 0 Å². The van der Waals surface area contributed by atoms with Crippen LogP contribution in [0.15, 0.2) is 30.5 Å². The highest BCUT2D eigenvalue weighted by atomic mass is 35.5. The van der Waals surface area contributed by atoms with Crippen molar-refractivity contribution in [3.63, 3.8) is 0 Å². The summed E-state index contributed by atoms with van der Waals surface area (Å²) in [6.45, 7) is 5.31. The standard InChI is InChI=1S/C15H19ClN4O/c1-3-15(21)19-11-5-6-13(16)14(9-11)17-10-12-7-8-18-20(12)4-2/h5-9,17H,3-4,10H2,1-2H3,(H,19,21). The molecule has 112 valence electrons. The van der Waals surface area contributed by atoms with E-state index in [1.54, 1.807) is 18.3 Å². The van der Waals surface area contributed by atoms with Gasteiger partial charge in [0.05, 0.1) is 22.9 Å². The number of carbonyl (C=O) groups is 1. The summed E-state index contributed by atoms with van der Waals surface area (Å²) in [7, 11) is 0. The second kappa shape index (κ2) is 7.13. The Morgan fingerprint density at radius 3 is 2.86 bits per heavy atom. The fourth-order valence-corrected chi connectivity index (χ4v) is 2.15. The number of carbonyl (C=O) groups excluding carboxylic acids is 1. The van der Waals surface area contributed by atoms with E-state index in [1.807, 2.05) is 30.7 Å². The lowest BCUT2D eigenvalue weighted by atomic mass is 10.2. The van der Waals surface area contributed by atoms with E-state index >= 15 is 0 Å². The SMILES string of the molecule is CCC(=O)Nc1ccc(Cl)c(NCc2ccnn2CC)c1. The number of nitrogens with zero attached hydrogens (tertiary/aromatic N) is 2. The van der Waals surface area contributed by atoms with E-state index in [0.29, 0.717) is 18.0 Å². The van der Waals surface area contributed by atoms with E-state index in [9.17, 15) is 4.79 Å². The molecule has 1 heterocycles. The Morgan fingerprint density at radius 1 is 1.33 bits per heavy atom. The maximum Gasteiger partial charge on any atom is 0.224 e. The molecule has 0 saturated carbocycles. The van der Waals surface area contributed by atoms with E-state index < -0.39 is 0 Å². The Balaban J connectivity index is 2.08. The predicted octanol–water partition coefficient (Wildman–Crippen LogP) is 3.52. The Bertz CT molecular complexity index is 624. The number of halogens is 1. The van der Waals surface area contributed by atoms with Gasteiger partial charge in [-0.3, -0.25) is 9.48 Å². The predicted molar refractivity (Wildman–Crippen MR) is 85.6 cm³/mol. The van der Waals surface area contributed by atoms with Crippen LogP contribution in [0.1, 0.15) is 26.0 Å². The average Bonchev–Trinajstić information content (AvgIpc) is 2.95. The molecule has 0 bridgehead atoms. The topological polar surface area (TPSA) is 59.0 Å². The van der Waals surface area contributed by atoms with Crippen LogP contribution in [0, 0.1) is 0 Å². The molecule has 1 aromatic carbocycles. The molecule has 0 fully saturated rings. The molecule has 2 N–H and O–H groups in total. The zero-order valence-electron chi connectivity index (χ0n) is 12.2. The van der Waals surface area contributed by atoms with E-state index in [0.717, 1.165) is 23.6 Å². The zero-order valence-corrected chi connectivity index (χ0v) is 12.9. The van der Waals surface area contributed by atoms with Crippen LogP contribution in [0.25, 0.3) is 0 Å². The minimum atomic E-state index is -0.0210. The minimum absolute atomic E-state index is 0.0210. The molecular formula is C15H19ClN4O. The van der Waals surface area contributed by atoms with Crippen LogP contribution in [0.5, 0.6) is 0 Å². The lowest BCUT2D eigenvalue weighted by molar-refractivity contribution is -0.115. The summed E-state index contributed by atoms with van der Waals surface area (Å²) in [6.07, 6.45) is 2.22. The average molecular weight is 307 g/mol. The molecule has 0 aliphatic rings. The first-order valence-electron chi connectivity index (χ1n) is 6.98. The van der Waals surface area contributed by atoms with Gasteiger partial charge in [0, 0.05) is 24.8 Å². The summed E-state index contributed by atoms with van der Waals surface area (Å²) in [4.78, 5) is 11.4. The van der Waals surface area contributed by atoms with Gasteiger partial charge in [0.15, 0.2) is 0 Å². The molecule has 6 heteroatoms. The van der Waals surface area contributed by atoms with Crippen LogP contribution in [0.2, 0.25) is 5.02 Å². The zero-order chi connectivity index (χ0) is 15.2. The first-order valence-corrected chi connectivity index (χ1v) is 7.35. The third-order valence-corrected chi connectivity index (χ3v) is 3.46. The molecule has 0 radical (unpaired) electrons. The fourth-order valence-electron chi connectivity index (χ4n) is 1.97. The van der Waals surface area contributed by atoms with Crippen molar-refractivity contribution in [2.24, 2.45) is 0 Å².